The average Bonchev–Trinajstić information content (AvgIpc) is 3.38. The maximum atomic E-state index is 13.5. The molecule has 40 heavy (non-hydrogen) atoms. The van der Waals surface area contributed by atoms with Gasteiger partial charge in [0.1, 0.15) is 0 Å². The van der Waals surface area contributed by atoms with Gasteiger partial charge in [0.05, 0.1) is 35.3 Å². The molecule has 0 unspecified atom stereocenters. The molecule has 1 aromatic heterocycles. The molecule has 0 N–H and O–H groups in total. The summed E-state index contributed by atoms with van der Waals surface area (Å²) in [5.74, 6) is -0.498. The first kappa shape index (κ1) is 28.5. The van der Waals surface area contributed by atoms with Gasteiger partial charge in [-0.2, -0.15) is 31.4 Å². The lowest BCUT2D eigenvalue weighted by Crippen LogP contribution is -2.48. The molecule has 0 spiro atoms. The highest BCUT2D eigenvalue weighted by molar-refractivity contribution is 8.18. The Balaban J connectivity index is 1.31. The van der Waals surface area contributed by atoms with Crippen molar-refractivity contribution in [3.05, 3.63) is 69.2 Å². The van der Waals surface area contributed by atoms with Crippen molar-refractivity contribution in [3.63, 3.8) is 0 Å². The van der Waals surface area contributed by atoms with Crippen LogP contribution < -0.4 is 0 Å². The molecule has 0 saturated carbocycles. The van der Waals surface area contributed by atoms with Crippen LogP contribution in [0.25, 0.3) is 17.0 Å². The van der Waals surface area contributed by atoms with Gasteiger partial charge >= 0.3 is 12.4 Å². The fraction of sp³-hybridized carbons (Fsp3) is 0.346. The van der Waals surface area contributed by atoms with Crippen LogP contribution in [0.3, 0.4) is 0 Å². The van der Waals surface area contributed by atoms with Crippen molar-refractivity contribution in [2.75, 3.05) is 19.6 Å². The van der Waals surface area contributed by atoms with Crippen LogP contribution in [0.1, 0.15) is 29.5 Å². The molecule has 14 heteroatoms. The molecule has 2 amide bonds. The van der Waals surface area contributed by atoms with Gasteiger partial charge in [0.15, 0.2) is 0 Å². The number of imide groups is 1. The third kappa shape index (κ3) is 6.16. The summed E-state index contributed by atoms with van der Waals surface area (Å²) >= 11 is 6.53. The normalized spacial score (nSPS) is 19.0. The quantitative estimate of drug-likeness (QED) is 0.237. The van der Waals surface area contributed by atoms with Crippen LogP contribution in [0.4, 0.5) is 31.1 Å². The molecule has 2 aliphatic heterocycles. The zero-order valence-electron chi connectivity index (χ0n) is 20.6. The second kappa shape index (κ2) is 10.7. The first-order chi connectivity index (χ1) is 18.8. The van der Waals surface area contributed by atoms with E-state index in [2.05, 4.69) is 5.10 Å². The fourth-order valence-electron chi connectivity index (χ4n) is 4.97. The minimum atomic E-state index is -4.58. The Hall–Kier alpha value is -3.03. The molecule has 0 aliphatic carbocycles. The average molecular weight is 603 g/mol. The Morgan fingerprint density at radius 1 is 1.02 bits per heavy atom. The number of hydrogen-bond acceptors (Lipinski definition) is 5. The smallest absolute Gasteiger partial charge is 0.295 e. The Morgan fingerprint density at radius 2 is 1.75 bits per heavy atom. The minimum absolute atomic E-state index is 0.00360. The van der Waals surface area contributed by atoms with E-state index >= 15 is 0 Å². The number of likely N-dealkylation sites (tertiary alicyclic amines) is 1. The summed E-state index contributed by atoms with van der Waals surface area (Å²) in [6.45, 7) is -0.905. The number of fused-ring (bicyclic) bond motifs is 1. The summed E-state index contributed by atoms with van der Waals surface area (Å²) in [5, 5.41) is 4.35. The lowest BCUT2D eigenvalue weighted by Gasteiger charge is -2.35. The molecule has 3 heterocycles. The van der Waals surface area contributed by atoms with Crippen LogP contribution in [-0.2, 0) is 17.5 Å². The Kier molecular flexibility index (Phi) is 7.66. The molecule has 2 saturated heterocycles. The zero-order valence-corrected chi connectivity index (χ0v) is 22.2. The molecule has 2 fully saturated rings. The van der Waals surface area contributed by atoms with Crippen molar-refractivity contribution in [1.29, 1.82) is 0 Å². The first-order valence-corrected chi connectivity index (χ1v) is 13.4. The summed E-state index contributed by atoms with van der Waals surface area (Å²) in [6, 6.07) is 8.12. The molecule has 0 radical (unpaired) electrons. The van der Waals surface area contributed by atoms with E-state index in [1.54, 1.807) is 24.3 Å². The van der Waals surface area contributed by atoms with Gasteiger partial charge in [-0.3, -0.25) is 24.1 Å². The largest absolute Gasteiger partial charge is 0.416 e. The number of piperidine rings is 1. The van der Waals surface area contributed by atoms with E-state index in [0.717, 1.165) is 22.7 Å². The Bertz CT molecular complexity index is 1490. The minimum Gasteiger partial charge on any atom is -0.295 e. The van der Waals surface area contributed by atoms with Gasteiger partial charge in [0.25, 0.3) is 11.1 Å². The number of halogens is 7. The SMILES string of the molecule is O=C1S/C(=C\c2ccc3c(cnn3Cc3ccc(Cl)cc3C(F)(F)F)c2)C(=O)N1C1CCN(CC(F)(F)F)CC1. The number of carbonyl (C=O) groups excluding carboxylic acids is 2. The van der Waals surface area contributed by atoms with Gasteiger partial charge in [-0.1, -0.05) is 23.7 Å². The van der Waals surface area contributed by atoms with Gasteiger partial charge in [0, 0.05) is 29.5 Å². The van der Waals surface area contributed by atoms with Crippen molar-refractivity contribution >= 4 is 51.5 Å². The van der Waals surface area contributed by atoms with Gasteiger partial charge < -0.3 is 0 Å². The number of amides is 2. The second-order valence-electron chi connectivity index (χ2n) is 9.59. The highest BCUT2D eigenvalue weighted by Gasteiger charge is 2.42. The van der Waals surface area contributed by atoms with E-state index in [9.17, 15) is 35.9 Å². The van der Waals surface area contributed by atoms with E-state index < -0.39 is 41.6 Å². The van der Waals surface area contributed by atoms with Crippen LogP contribution in [-0.4, -0.2) is 62.6 Å². The van der Waals surface area contributed by atoms with Crippen molar-refractivity contribution in [3.8, 4) is 0 Å². The third-order valence-corrected chi connectivity index (χ3v) is 7.93. The van der Waals surface area contributed by atoms with Crippen LogP contribution in [0.5, 0.6) is 0 Å². The van der Waals surface area contributed by atoms with Crippen LogP contribution in [0, 0.1) is 0 Å². The number of alkyl halides is 6. The number of carbonyl (C=O) groups is 2. The number of aromatic nitrogens is 2. The molecule has 0 atom stereocenters. The number of hydrogen-bond donors (Lipinski definition) is 0. The van der Waals surface area contributed by atoms with E-state index in [4.69, 9.17) is 11.6 Å². The van der Waals surface area contributed by atoms with Gasteiger partial charge in [0.2, 0.25) is 0 Å². The molecular formula is C26H21ClF6N4O2S. The summed E-state index contributed by atoms with van der Waals surface area (Å²) in [4.78, 5) is 28.3. The van der Waals surface area contributed by atoms with Crippen molar-refractivity contribution in [2.45, 2.75) is 37.8 Å². The molecule has 0 bridgehead atoms. The van der Waals surface area contributed by atoms with E-state index in [1.807, 2.05) is 0 Å². The summed E-state index contributed by atoms with van der Waals surface area (Å²) in [6.07, 6.45) is -5.33. The molecule has 3 aromatic rings. The van der Waals surface area contributed by atoms with E-state index in [1.165, 1.54) is 27.9 Å². The lowest BCUT2D eigenvalue weighted by atomic mass is 10.0. The predicted molar refractivity (Wildman–Crippen MR) is 139 cm³/mol. The maximum absolute atomic E-state index is 13.5. The summed E-state index contributed by atoms with van der Waals surface area (Å²) in [5.41, 5.74) is 0.310. The van der Waals surface area contributed by atoms with Gasteiger partial charge in [-0.05, 0) is 66.1 Å². The van der Waals surface area contributed by atoms with E-state index in [-0.39, 0.29) is 48.0 Å². The monoisotopic (exact) mass is 602 g/mol. The fourth-order valence-corrected chi connectivity index (χ4v) is 6.04. The number of rotatable bonds is 5. The van der Waals surface area contributed by atoms with Gasteiger partial charge in [-0.15, -0.1) is 0 Å². The highest BCUT2D eigenvalue weighted by atomic mass is 35.5. The highest BCUT2D eigenvalue weighted by Crippen LogP contribution is 2.37. The molecule has 2 aliphatic rings. The van der Waals surface area contributed by atoms with Crippen molar-refractivity contribution in [2.24, 2.45) is 0 Å². The number of thioether (sulfide) groups is 1. The predicted octanol–water partition coefficient (Wildman–Crippen LogP) is 6.82. The Labute approximate surface area is 233 Å². The third-order valence-electron chi connectivity index (χ3n) is 6.81. The molecule has 2 aromatic carbocycles. The van der Waals surface area contributed by atoms with Crippen molar-refractivity contribution < 1.29 is 35.9 Å². The number of benzene rings is 2. The lowest BCUT2D eigenvalue weighted by molar-refractivity contribution is -0.149. The molecule has 5 rings (SSSR count). The standard InChI is InChI=1S/C26H21ClF6N4O2S/c27-18-3-2-16(20(11-18)26(31,32)33)13-36-21-4-1-15(9-17(21)12-34-36)10-22-23(38)37(24(39)40-22)19-5-7-35(8-6-19)14-25(28,29)30/h1-4,9-12,19H,5-8,13-14H2/b22-10-. The molecule has 212 valence electrons. The first-order valence-electron chi connectivity index (χ1n) is 12.2. The van der Waals surface area contributed by atoms with Crippen LogP contribution in [0.2, 0.25) is 5.02 Å². The summed E-state index contributed by atoms with van der Waals surface area (Å²) in [7, 11) is 0. The van der Waals surface area contributed by atoms with Crippen molar-refractivity contribution in [1.82, 2.24) is 19.6 Å². The topological polar surface area (TPSA) is 58.4 Å². The zero-order chi connectivity index (χ0) is 28.8. The van der Waals surface area contributed by atoms with Crippen LogP contribution >= 0.6 is 23.4 Å². The summed E-state index contributed by atoms with van der Waals surface area (Å²) < 4.78 is 79.9. The maximum Gasteiger partial charge on any atom is 0.416 e. The van der Waals surface area contributed by atoms with E-state index in [0.29, 0.717) is 16.5 Å². The number of nitrogens with zero attached hydrogens (tertiary/aromatic N) is 4. The Morgan fingerprint density at radius 3 is 2.42 bits per heavy atom. The molecule has 6 nitrogen and oxygen atoms in total. The second-order valence-corrected chi connectivity index (χ2v) is 11.0. The van der Waals surface area contributed by atoms with Crippen LogP contribution in [0.15, 0.2) is 47.5 Å². The molecular weight excluding hydrogens is 582 g/mol. The van der Waals surface area contributed by atoms with Gasteiger partial charge in [-0.25, -0.2) is 0 Å².